The fraction of sp³-hybridized carbons (Fsp3) is 0.872. The van der Waals surface area contributed by atoms with Crippen LogP contribution in [0.25, 0.3) is 0 Å². The molecule has 9 nitrogen and oxygen atoms in total. The number of ether oxygens (including phenoxy) is 2. The number of nitrogens with one attached hydrogen (secondary N) is 4. The molecule has 0 aliphatic heterocycles. The Morgan fingerprint density at radius 2 is 0.816 bits per heavy atom. The molecule has 20 atom stereocenters. The third-order valence-electron chi connectivity index (χ3n) is 31.3. The molecule has 0 amide bonds. The fourth-order valence-corrected chi connectivity index (χ4v) is 25.2. The average molecular weight is 1430 g/mol. The Labute approximate surface area is 634 Å². The van der Waals surface area contributed by atoms with Crippen LogP contribution < -0.4 is 30.7 Å². The first-order chi connectivity index (χ1) is 49.7. The second-order valence-corrected chi connectivity index (χ2v) is 38.7. The van der Waals surface area contributed by atoms with E-state index in [0.29, 0.717) is 63.2 Å². The molecule has 8 aliphatic rings. The molecule has 2 aromatic rings. The highest BCUT2D eigenvalue weighted by atomic mass is 16.5. The molecule has 0 spiro atoms. The van der Waals surface area contributed by atoms with Crippen LogP contribution in [-0.2, 0) is 12.8 Å². The van der Waals surface area contributed by atoms with Crippen LogP contribution in [0, 0.1) is 105 Å². The first-order valence-corrected chi connectivity index (χ1v) is 45.0. The number of hydrogen-bond acceptors (Lipinski definition) is 9. The number of rotatable bonds is 44. The molecule has 0 radical (unpaired) electrons. The van der Waals surface area contributed by atoms with E-state index in [-0.39, 0.29) is 12.2 Å². The maximum atomic E-state index is 11.9. The minimum absolute atomic E-state index is 0.0816. The minimum atomic E-state index is -0.0817. The Kier molecular flexibility index (Phi) is 34.6. The maximum absolute atomic E-state index is 11.9. The minimum Gasteiger partial charge on any atom is -0.508 e. The van der Waals surface area contributed by atoms with Gasteiger partial charge in [0.1, 0.15) is 5.75 Å². The number of para-hydroxylation sites is 1. The summed E-state index contributed by atoms with van der Waals surface area (Å²) in [6, 6.07) is 15.3. The molecule has 0 heterocycles. The molecular formula is C94H164N4O5. The van der Waals surface area contributed by atoms with E-state index in [1.807, 2.05) is 24.3 Å². The lowest BCUT2D eigenvalue weighted by atomic mass is 9.43. The summed E-state index contributed by atoms with van der Waals surface area (Å²) in [5.41, 5.74) is 4.19. The molecule has 8 aliphatic carbocycles. The predicted octanol–water partition coefficient (Wildman–Crippen LogP) is 22.5. The molecule has 8 fully saturated rings. The number of phenolic OH excluding ortho intramolecular Hbond substituents is 1. The highest BCUT2D eigenvalue weighted by Crippen LogP contribution is 2.70. The fourth-order valence-electron chi connectivity index (χ4n) is 25.2. The van der Waals surface area contributed by atoms with E-state index in [0.717, 1.165) is 141 Å². The molecule has 8 saturated carbocycles. The molecule has 6 unspecified atom stereocenters. The predicted molar refractivity (Wildman–Crippen MR) is 436 cm³/mol. The maximum Gasteiger partial charge on any atom is 0.160 e. The summed E-state index contributed by atoms with van der Waals surface area (Å²) < 4.78 is 10.8. The largest absolute Gasteiger partial charge is 0.508 e. The number of aromatic hydroxyl groups is 1. The van der Waals surface area contributed by atoms with Gasteiger partial charge in [0.25, 0.3) is 0 Å². The molecule has 0 saturated heterocycles. The Bertz CT molecular complexity index is 2690. The van der Waals surface area contributed by atoms with E-state index in [4.69, 9.17) is 9.47 Å². The Balaban J connectivity index is 0.000000240. The van der Waals surface area contributed by atoms with Gasteiger partial charge in [0.05, 0.1) is 26.4 Å². The number of hydrogen-bond donors (Lipinski definition) is 7. The SMILES string of the molecule is CC(C)CCC[C@@H](C)[C@H]1CCC2C3C(CC[C@@]21C)[C@@]1(C)CC[C@H](NCCCNCCCCCCCCCCc2ccccc2O)C[C@@H]1C[C@H]3O.COc1ccc(CCCCCCCCCCNCCCN[C@H]2CC[C@]3(C)C4CC[C@@]5(C)C(CC[C@@H]5[C@H](C)CCCC(C)C)C4[C@H](O)C[C@H]3C2)cc1OC. The molecule has 7 N–H and O–H groups in total. The van der Waals surface area contributed by atoms with Crippen LogP contribution in [0.4, 0.5) is 0 Å². The van der Waals surface area contributed by atoms with Crippen LogP contribution in [0.5, 0.6) is 17.2 Å². The van der Waals surface area contributed by atoms with Crippen molar-refractivity contribution in [2.45, 2.75) is 363 Å². The topological polar surface area (TPSA) is 127 Å². The Morgan fingerprint density at radius 3 is 1.26 bits per heavy atom. The number of aryl methyl sites for hydroxylation is 2. The van der Waals surface area contributed by atoms with Crippen LogP contribution in [0.1, 0.15) is 337 Å². The number of benzene rings is 2. The van der Waals surface area contributed by atoms with Crippen molar-refractivity contribution >= 4 is 0 Å². The number of aliphatic hydroxyl groups excluding tert-OH is 2. The van der Waals surface area contributed by atoms with Gasteiger partial charge in [-0.05, 0) is 327 Å². The van der Waals surface area contributed by atoms with Crippen molar-refractivity contribution in [3.8, 4) is 17.2 Å². The van der Waals surface area contributed by atoms with Crippen molar-refractivity contribution in [2.75, 3.05) is 53.5 Å². The van der Waals surface area contributed by atoms with Gasteiger partial charge in [-0.25, -0.2) is 0 Å². The van der Waals surface area contributed by atoms with Gasteiger partial charge in [0.15, 0.2) is 11.5 Å². The van der Waals surface area contributed by atoms with Gasteiger partial charge in [0.2, 0.25) is 0 Å². The number of phenols is 1. The van der Waals surface area contributed by atoms with Crippen LogP contribution in [0.3, 0.4) is 0 Å². The second-order valence-electron chi connectivity index (χ2n) is 38.7. The molecule has 2 aromatic carbocycles. The standard InChI is InChI=1S/C48H84N2O3.C46H80N2O2/c1-35(2)18-16-19-36(3)40-22-23-41-46-42(26-28-48(40,41)5)47(4)27-25-39(33-38(47)34-43(46)51)50-31-17-30-49-29-15-13-11-9-8-10-12-14-20-37-21-24-44(52-6)45(32-37)53-7;1-34(2)18-16-19-35(3)39-23-24-40-44-41(26-28-46(39,40)5)45(4)27-25-38(32-37(45)33-43(44)50)48-31-17-30-47-29-15-11-9-7-6-8-10-12-20-36-21-13-14-22-42(36)49/h21,24,32,35-36,38-43,46,49-51H,8-20,22-23,25-31,33-34H2,1-7H3;13-14,21-22,34-35,37-41,43-44,47-50H,6-12,15-20,23-33H2,1-5H3/t36-,38-,39+,40-,41?,42?,43-,46?,47+,48-;35-,37-,38+,39-,40?,41?,43-,44?,45+,46-/m11/s1. The first-order valence-electron chi connectivity index (χ1n) is 45.0. The van der Waals surface area contributed by atoms with Crippen LogP contribution >= 0.6 is 0 Å². The van der Waals surface area contributed by atoms with Crippen LogP contribution in [-0.4, -0.2) is 93.1 Å². The smallest absolute Gasteiger partial charge is 0.160 e. The van der Waals surface area contributed by atoms with Gasteiger partial charge < -0.3 is 46.1 Å². The molecule has 590 valence electrons. The van der Waals surface area contributed by atoms with E-state index < -0.39 is 0 Å². The lowest BCUT2D eigenvalue weighted by molar-refractivity contribution is -0.167. The van der Waals surface area contributed by atoms with E-state index in [1.54, 1.807) is 20.3 Å². The highest BCUT2D eigenvalue weighted by molar-refractivity contribution is 5.43. The molecule has 9 heteroatoms. The third kappa shape index (κ3) is 22.9. The van der Waals surface area contributed by atoms with E-state index in [1.165, 1.54) is 250 Å². The van der Waals surface area contributed by atoms with Crippen LogP contribution in [0.2, 0.25) is 0 Å². The summed E-state index contributed by atoms with van der Waals surface area (Å²) in [5, 5.41) is 49.0. The van der Waals surface area contributed by atoms with Crippen molar-refractivity contribution in [3.05, 3.63) is 53.6 Å². The molecule has 103 heavy (non-hydrogen) atoms. The summed E-state index contributed by atoms with van der Waals surface area (Å²) in [4.78, 5) is 0. The van der Waals surface area contributed by atoms with Crippen molar-refractivity contribution in [2.24, 2.45) is 105 Å². The number of methoxy groups -OCH3 is 2. The van der Waals surface area contributed by atoms with E-state index >= 15 is 0 Å². The monoisotopic (exact) mass is 1430 g/mol. The normalized spacial score (nSPS) is 33.6. The van der Waals surface area contributed by atoms with Gasteiger partial charge in [0, 0.05) is 12.1 Å². The van der Waals surface area contributed by atoms with Gasteiger partial charge >= 0.3 is 0 Å². The lowest BCUT2D eigenvalue weighted by Crippen LogP contribution is -2.59. The zero-order valence-electron chi connectivity index (χ0n) is 69.0. The molecule has 10 rings (SSSR count). The summed E-state index contributed by atoms with van der Waals surface area (Å²) >= 11 is 0. The summed E-state index contributed by atoms with van der Waals surface area (Å²) in [5.74, 6) is 12.6. The molecular weight excluding hydrogens is 1270 g/mol. The van der Waals surface area contributed by atoms with Gasteiger partial charge in [-0.2, -0.15) is 0 Å². The number of fused-ring (bicyclic) bond motifs is 10. The molecule has 0 aromatic heterocycles. The highest BCUT2D eigenvalue weighted by Gasteiger charge is 2.65. The van der Waals surface area contributed by atoms with Crippen molar-refractivity contribution < 1.29 is 24.8 Å². The van der Waals surface area contributed by atoms with Gasteiger partial charge in [-0.15, -0.1) is 0 Å². The first kappa shape index (κ1) is 84.6. The Morgan fingerprint density at radius 1 is 0.408 bits per heavy atom. The van der Waals surface area contributed by atoms with E-state index in [2.05, 4.69) is 103 Å². The quantitative estimate of drug-likeness (QED) is 0.0325. The zero-order chi connectivity index (χ0) is 73.4. The van der Waals surface area contributed by atoms with Gasteiger partial charge in [-0.3, -0.25) is 0 Å². The lowest BCUT2D eigenvalue weighted by Gasteiger charge is -2.62. The third-order valence-corrected chi connectivity index (χ3v) is 31.3. The van der Waals surface area contributed by atoms with Crippen molar-refractivity contribution in [3.63, 3.8) is 0 Å². The van der Waals surface area contributed by atoms with Crippen molar-refractivity contribution in [1.29, 1.82) is 0 Å². The van der Waals surface area contributed by atoms with Crippen molar-refractivity contribution in [1.82, 2.24) is 21.3 Å². The second kappa shape index (κ2) is 42.1. The summed E-state index contributed by atoms with van der Waals surface area (Å²) in [6.07, 6.45) is 55.0. The van der Waals surface area contributed by atoms with Gasteiger partial charge in [-0.1, -0.05) is 209 Å². The number of unbranched alkanes of at least 4 members (excludes halogenated alkanes) is 14. The Hall–Kier alpha value is -2.40. The summed E-state index contributed by atoms with van der Waals surface area (Å²) in [7, 11) is 3.40. The van der Waals surface area contributed by atoms with Crippen LogP contribution in [0.15, 0.2) is 42.5 Å². The zero-order valence-corrected chi connectivity index (χ0v) is 69.0. The summed E-state index contributed by atoms with van der Waals surface area (Å²) in [6.45, 7) is 32.1. The molecule has 0 bridgehead atoms. The average Bonchev–Trinajstić information content (AvgIpc) is 1.70. The van der Waals surface area contributed by atoms with E-state index in [9.17, 15) is 15.3 Å². The number of aliphatic hydroxyl groups is 2.